The highest BCUT2D eigenvalue weighted by atomic mass is 16.1. The minimum absolute atomic E-state index is 0.115. The van der Waals surface area contributed by atoms with Gasteiger partial charge in [-0.3, -0.25) is 4.79 Å². The third kappa shape index (κ3) is 2.31. The lowest BCUT2D eigenvalue weighted by molar-refractivity contribution is -0.119. The molecular weight excluding hydrogens is 126 g/mol. The fourth-order valence-corrected chi connectivity index (χ4v) is 0.724. The molecule has 0 aromatic carbocycles. The molecule has 1 atom stereocenters. The van der Waals surface area contributed by atoms with Crippen LogP contribution in [0.15, 0.2) is 12.7 Å². The largest absolute Gasteiger partial charge is 0.319 e. The van der Waals surface area contributed by atoms with E-state index < -0.39 is 5.54 Å². The lowest BCUT2D eigenvalue weighted by Crippen LogP contribution is -2.43. The zero-order chi connectivity index (χ0) is 8.20. The van der Waals surface area contributed by atoms with Crippen LogP contribution in [0.1, 0.15) is 19.8 Å². The Bertz CT molecular complexity index is 138. The second-order valence-corrected chi connectivity index (χ2v) is 2.59. The van der Waals surface area contributed by atoms with Gasteiger partial charge in [-0.1, -0.05) is 19.9 Å². The SMILES string of the molecule is [CH2]CCC(C)(N)C(=O)C=C. The summed E-state index contributed by atoms with van der Waals surface area (Å²) in [5, 5.41) is 0. The molecule has 0 saturated carbocycles. The molecule has 0 rings (SSSR count). The van der Waals surface area contributed by atoms with E-state index in [1.54, 1.807) is 6.92 Å². The molecule has 0 spiro atoms. The van der Waals surface area contributed by atoms with Crippen LogP contribution in [0.25, 0.3) is 0 Å². The van der Waals surface area contributed by atoms with E-state index in [9.17, 15) is 4.79 Å². The lowest BCUT2D eigenvalue weighted by atomic mass is 9.92. The third-order valence-corrected chi connectivity index (χ3v) is 1.44. The van der Waals surface area contributed by atoms with Gasteiger partial charge in [-0.15, -0.1) is 0 Å². The van der Waals surface area contributed by atoms with Crippen molar-refractivity contribution in [2.45, 2.75) is 25.3 Å². The summed E-state index contributed by atoms with van der Waals surface area (Å²) in [6.07, 6.45) is 2.54. The molecule has 0 aliphatic rings. The average Bonchev–Trinajstić information content (AvgIpc) is 1.86. The van der Waals surface area contributed by atoms with Crippen LogP contribution in [0.5, 0.6) is 0 Å². The molecule has 2 nitrogen and oxygen atoms in total. The summed E-state index contributed by atoms with van der Waals surface area (Å²) in [6.45, 7) is 8.68. The van der Waals surface area contributed by atoms with E-state index in [4.69, 9.17) is 5.73 Å². The second-order valence-electron chi connectivity index (χ2n) is 2.59. The van der Waals surface area contributed by atoms with Crippen LogP contribution >= 0.6 is 0 Å². The first-order valence-electron chi connectivity index (χ1n) is 3.29. The molecule has 0 aliphatic carbocycles. The zero-order valence-electron chi connectivity index (χ0n) is 6.39. The Morgan fingerprint density at radius 2 is 2.30 bits per heavy atom. The smallest absolute Gasteiger partial charge is 0.174 e. The minimum atomic E-state index is -0.760. The molecule has 0 saturated heterocycles. The van der Waals surface area contributed by atoms with Gasteiger partial charge in [-0.2, -0.15) is 0 Å². The number of carbonyl (C=O) groups excluding carboxylic acids is 1. The first-order chi connectivity index (χ1) is 4.54. The average molecular weight is 140 g/mol. The molecule has 0 fully saturated rings. The van der Waals surface area contributed by atoms with Crippen LogP contribution in [0, 0.1) is 6.92 Å². The quantitative estimate of drug-likeness (QED) is 0.593. The van der Waals surface area contributed by atoms with E-state index in [0.29, 0.717) is 12.8 Å². The summed E-state index contributed by atoms with van der Waals surface area (Å²) in [5.74, 6) is -0.115. The number of hydrogen-bond donors (Lipinski definition) is 1. The number of rotatable bonds is 4. The number of nitrogens with two attached hydrogens (primary N) is 1. The van der Waals surface area contributed by atoms with Crippen LogP contribution in [-0.4, -0.2) is 11.3 Å². The summed E-state index contributed by atoms with van der Waals surface area (Å²) in [7, 11) is 0. The molecule has 57 valence electrons. The van der Waals surface area contributed by atoms with E-state index in [2.05, 4.69) is 13.5 Å². The molecule has 10 heavy (non-hydrogen) atoms. The molecule has 2 heteroatoms. The fourth-order valence-electron chi connectivity index (χ4n) is 0.724. The third-order valence-electron chi connectivity index (χ3n) is 1.44. The molecule has 1 radical (unpaired) electrons. The highest BCUT2D eigenvalue weighted by Crippen LogP contribution is 2.09. The molecule has 0 bridgehead atoms. The van der Waals surface area contributed by atoms with Gasteiger partial charge in [-0.25, -0.2) is 0 Å². The standard InChI is InChI=1S/C8H14NO/c1-4-6-8(3,9)7(10)5-2/h5H,1-2,4,6,9H2,3H3. The maximum atomic E-state index is 11.0. The van der Waals surface area contributed by atoms with Gasteiger partial charge in [0.15, 0.2) is 5.78 Å². The van der Waals surface area contributed by atoms with E-state index in [-0.39, 0.29) is 5.78 Å². The molecule has 1 unspecified atom stereocenters. The molecule has 0 heterocycles. The summed E-state index contributed by atoms with van der Waals surface area (Å²) < 4.78 is 0. The van der Waals surface area contributed by atoms with Gasteiger partial charge in [-0.05, 0) is 19.4 Å². The highest BCUT2D eigenvalue weighted by Gasteiger charge is 2.23. The Morgan fingerprint density at radius 1 is 1.80 bits per heavy atom. The molecular formula is C8H14NO. The summed E-state index contributed by atoms with van der Waals surface area (Å²) in [5.41, 5.74) is 4.86. The summed E-state index contributed by atoms with van der Waals surface area (Å²) >= 11 is 0. The normalized spacial score (nSPS) is 15.9. The van der Waals surface area contributed by atoms with Gasteiger partial charge in [0.1, 0.15) is 0 Å². The van der Waals surface area contributed by atoms with Crippen molar-refractivity contribution in [3.8, 4) is 0 Å². The van der Waals surface area contributed by atoms with Crippen molar-refractivity contribution in [3.05, 3.63) is 19.6 Å². The first kappa shape index (κ1) is 9.37. The van der Waals surface area contributed by atoms with Crippen molar-refractivity contribution in [2.24, 2.45) is 5.73 Å². The van der Waals surface area contributed by atoms with Crippen LogP contribution in [-0.2, 0) is 4.79 Å². The minimum Gasteiger partial charge on any atom is -0.319 e. The Balaban J connectivity index is 4.08. The maximum absolute atomic E-state index is 11.0. The van der Waals surface area contributed by atoms with Gasteiger partial charge in [0.05, 0.1) is 5.54 Å². The maximum Gasteiger partial charge on any atom is 0.174 e. The van der Waals surface area contributed by atoms with Crippen molar-refractivity contribution >= 4 is 5.78 Å². The topological polar surface area (TPSA) is 43.1 Å². The first-order valence-corrected chi connectivity index (χ1v) is 3.29. The Hall–Kier alpha value is -0.630. The van der Waals surface area contributed by atoms with E-state index in [0.717, 1.165) is 0 Å². The van der Waals surface area contributed by atoms with Gasteiger partial charge in [0.25, 0.3) is 0 Å². The molecule has 0 amide bonds. The highest BCUT2D eigenvalue weighted by molar-refractivity contribution is 5.96. The van der Waals surface area contributed by atoms with Gasteiger partial charge in [0.2, 0.25) is 0 Å². The zero-order valence-corrected chi connectivity index (χ0v) is 6.39. The Kier molecular flexibility index (Phi) is 3.30. The molecule has 0 aromatic heterocycles. The lowest BCUT2D eigenvalue weighted by Gasteiger charge is -2.19. The van der Waals surface area contributed by atoms with Gasteiger partial charge < -0.3 is 5.73 Å². The fraction of sp³-hybridized carbons (Fsp3) is 0.500. The van der Waals surface area contributed by atoms with Crippen molar-refractivity contribution in [1.82, 2.24) is 0 Å². The van der Waals surface area contributed by atoms with Crippen molar-refractivity contribution < 1.29 is 4.79 Å². The number of carbonyl (C=O) groups is 1. The monoisotopic (exact) mass is 140 g/mol. The van der Waals surface area contributed by atoms with Crippen LogP contribution in [0.3, 0.4) is 0 Å². The van der Waals surface area contributed by atoms with Crippen molar-refractivity contribution in [3.63, 3.8) is 0 Å². The molecule has 0 aliphatic heterocycles. The van der Waals surface area contributed by atoms with Crippen LogP contribution < -0.4 is 5.73 Å². The van der Waals surface area contributed by atoms with E-state index in [1.165, 1.54) is 6.08 Å². The Labute approximate surface area is 62.1 Å². The number of ketones is 1. The summed E-state index contributed by atoms with van der Waals surface area (Å²) in [4.78, 5) is 11.0. The van der Waals surface area contributed by atoms with E-state index in [1.807, 2.05) is 0 Å². The molecule has 2 N–H and O–H groups in total. The predicted molar refractivity (Wildman–Crippen MR) is 42.4 cm³/mol. The summed E-state index contributed by atoms with van der Waals surface area (Å²) in [6, 6.07) is 0. The second kappa shape index (κ2) is 3.52. The predicted octanol–water partition coefficient (Wildman–Crippen LogP) is 1.07. The van der Waals surface area contributed by atoms with Crippen molar-refractivity contribution in [2.75, 3.05) is 0 Å². The Morgan fingerprint density at radius 3 is 2.60 bits per heavy atom. The van der Waals surface area contributed by atoms with Gasteiger partial charge in [0, 0.05) is 0 Å². The van der Waals surface area contributed by atoms with Crippen molar-refractivity contribution in [1.29, 1.82) is 0 Å². The van der Waals surface area contributed by atoms with E-state index >= 15 is 0 Å². The van der Waals surface area contributed by atoms with Crippen LogP contribution in [0.2, 0.25) is 0 Å². The van der Waals surface area contributed by atoms with Crippen LogP contribution in [0.4, 0.5) is 0 Å². The molecule has 0 aromatic rings. The number of hydrogen-bond acceptors (Lipinski definition) is 2. The van der Waals surface area contributed by atoms with Gasteiger partial charge >= 0.3 is 0 Å².